The van der Waals surface area contributed by atoms with Gasteiger partial charge in [-0.15, -0.1) is 12.4 Å². The van der Waals surface area contributed by atoms with Gasteiger partial charge < -0.3 is 15.3 Å². The van der Waals surface area contributed by atoms with E-state index >= 15 is 0 Å². The maximum Gasteiger partial charge on any atom is 0.141 e. The topological polar surface area (TPSA) is 70.9 Å². The molecule has 5 fully saturated rings. The van der Waals surface area contributed by atoms with Gasteiger partial charge in [0, 0.05) is 31.4 Å². The number of Topliss-reactive ketones (excluding diaryl/α,β-unsaturated/α-hetero) is 1. The van der Waals surface area contributed by atoms with Crippen molar-refractivity contribution in [3.05, 3.63) is 0 Å². The quantitative estimate of drug-likeness (QED) is 0.654. The highest BCUT2D eigenvalue weighted by molar-refractivity contribution is 5.87. The zero-order valence-corrected chi connectivity index (χ0v) is 19.4. The van der Waals surface area contributed by atoms with Crippen molar-refractivity contribution in [2.24, 2.45) is 45.6 Å². The Balaban J connectivity index is 0.00000218. The van der Waals surface area contributed by atoms with Crippen molar-refractivity contribution < 1.29 is 14.7 Å². The van der Waals surface area contributed by atoms with Crippen molar-refractivity contribution in [3.8, 4) is 0 Å². The van der Waals surface area contributed by atoms with Gasteiger partial charge in [-0.05, 0) is 86.5 Å². The van der Waals surface area contributed by atoms with Crippen molar-refractivity contribution in [1.82, 2.24) is 5.32 Å². The summed E-state index contributed by atoms with van der Waals surface area (Å²) >= 11 is 0. The third-order valence-electron chi connectivity index (χ3n) is 9.97. The van der Waals surface area contributed by atoms with Gasteiger partial charge in [0.25, 0.3) is 0 Å². The number of ketones is 1. The van der Waals surface area contributed by atoms with Crippen LogP contribution in [0.15, 0.2) is 5.16 Å². The molecule has 0 aromatic carbocycles. The highest BCUT2D eigenvalue weighted by Gasteiger charge is 2.61. The minimum atomic E-state index is -0.0885. The van der Waals surface area contributed by atoms with E-state index in [-0.39, 0.29) is 35.9 Å². The lowest BCUT2D eigenvalue weighted by atomic mass is 9.43. The minimum Gasteiger partial charge on any atom is -0.396 e. The molecule has 0 spiro atoms. The Kier molecular flexibility index (Phi) is 6.29. The first-order chi connectivity index (χ1) is 14.0. The van der Waals surface area contributed by atoms with E-state index in [9.17, 15) is 9.90 Å². The molecule has 0 bridgehead atoms. The molecule has 1 aliphatic heterocycles. The van der Waals surface area contributed by atoms with Gasteiger partial charge in [-0.3, -0.25) is 4.79 Å². The SMILES string of the molecule is C[C@]12CCC(=NO[C@@H]3CCNC3)CC1C(CO)C[C@@H]1[C@H]2CC[C@]2(C)C(=O)CC[C@@H]12.Cl. The third-order valence-corrected chi connectivity index (χ3v) is 9.97. The van der Waals surface area contributed by atoms with Crippen LogP contribution < -0.4 is 5.32 Å². The molecule has 2 unspecified atom stereocenters. The summed E-state index contributed by atoms with van der Waals surface area (Å²) < 4.78 is 0. The van der Waals surface area contributed by atoms with Gasteiger partial charge >= 0.3 is 0 Å². The lowest BCUT2D eigenvalue weighted by Crippen LogP contribution is -2.57. The number of fused-ring (bicyclic) bond motifs is 5. The molecular formula is C24H39ClN2O3. The first-order valence-electron chi connectivity index (χ1n) is 12.0. The van der Waals surface area contributed by atoms with E-state index in [0.717, 1.165) is 64.5 Å². The number of nitrogens with one attached hydrogen (secondary N) is 1. The van der Waals surface area contributed by atoms with E-state index in [0.29, 0.717) is 35.4 Å². The molecule has 0 aromatic heterocycles. The zero-order chi connectivity index (χ0) is 20.2. The van der Waals surface area contributed by atoms with Crippen LogP contribution >= 0.6 is 12.4 Å². The molecule has 2 N–H and O–H groups in total. The molecule has 0 aromatic rings. The van der Waals surface area contributed by atoms with E-state index < -0.39 is 0 Å². The number of rotatable bonds is 3. The summed E-state index contributed by atoms with van der Waals surface area (Å²) in [6.45, 7) is 6.93. The first kappa shape index (κ1) is 22.5. The normalized spacial score (nSPS) is 49.2. The predicted octanol–water partition coefficient (Wildman–Crippen LogP) is 3.97. The van der Waals surface area contributed by atoms with E-state index in [1.807, 2.05) is 0 Å². The molecule has 8 atom stereocenters. The van der Waals surface area contributed by atoms with Gasteiger partial charge in [0.2, 0.25) is 0 Å². The van der Waals surface area contributed by atoms with Crippen LogP contribution in [0.2, 0.25) is 0 Å². The fraction of sp³-hybridized carbons (Fsp3) is 0.917. The molecular weight excluding hydrogens is 400 g/mol. The number of hydrogen-bond donors (Lipinski definition) is 2. The lowest BCUT2D eigenvalue weighted by Gasteiger charge is -2.61. The van der Waals surface area contributed by atoms with Crippen LogP contribution in [0.1, 0.15) is 71.6 Å². The number of oxime groups is 1. The van der Waals surface area contributed by atoms with E-state index in [4.69, 9.17) is 4.84 Å². The third kappa shape index (κ3) is 3.44. The molecule has 5 rings (SSSR count). The Labute approximate surface area is 187 Å². The summed E-state index contributed by atoms with van der Waals surface area (Å²) in [6, 6.07) is 0. The smallest absolute Gasteiger partial charge is 0.141 e. The fourth-order valence-corrected chi connectivity index (χ4v) is 8.23. The van der Waals surface area contributed by atoms with Crippen LogP contribution in [-0.2, 0) is 9.63 Å². The molecule has 30 heavy (non-hydrogen) atoms. The Morgan fingerprint density at radius 1 is 1.13 bits per heavy atom. The number of aliphatic hydroxyl groups excluding tert-OH is 1. The number of aliphatic hydroxyl groups is 1. The summed E-state index contributed by atoms with van der Waals surface area (Å²) in [5.41, 5.74) is 1.37. The van der Waals surface area contributed by atoms with Crippen molar-refractivity contribution >= 4 is 23.9 Å². The summed E-state index contributed by atoms with van der Waals surface area (Å²) in [5.74, 6) is 3.17. The van der Waals surface area contributed by atoms with Crippen LogP contribution in [0.4, 0.5) is 0 Å². The standard InChI is InChI=1S/C24H38N2O3.ClH/c1-23-8-5-16(26-29-17-7-10-25-13-17)12-21(23)15(14-27)11-18-19-3-4-22(28)24(19,2)9-6-20(18)23;/h15,17-21,25,27H,3-14H2,1-2H3;1H/t15?,17-,18+,19+,20-,21?,23-,24+;/m1./s1. The highest BCUT2D eigenvalue weighted by Crippen LogP contribution is 2.66. The van der Waals surface area contributed by atoms with Gasteiger partial charge in [-0.25, -0.2) is 0 Å². The lowest BCUT2D eigenvalue weighted by molar-refractivity contribution is -0.145. The first-order valence-corrected chi connectivity index (χ1v) is 12.0. The molecule has 4 saturated carbocycles. The van der Waals surface area contributed by atoms with Crippen molar-refractivity contribution in [1.29, 1.82) is 0 Å². The van der Waals surface area contributed by atoms with Crippen LogP contribution in [0.5, 0.6) is 0 Å². The number of carbonyl (C=O) groups excluding carboxylic acids is 1. The number of nitrogens with zero attached hydrogens (tertiary/aromatic N) is 1. The molecule has 5 nitrogen and oxygen atoms in total. The molecule has 170 valence electrons. The van der Waals surface area contributed by atoms with Crippen LogP contribution in [0, 0.1) is 40.4 Å². The number of carbonyl (C=O) groups is 1. The van der Waals surface area contributed by atoms with Gasteiger partial charge in [0.05, 0.1) is 5.71 Å². The molecule has 0 amide bonds. The van der Waals surface area contributed by atoms with Gasteiger partial charge in [0.15, 0.2) is 0 Å². The molecule has 0 radical (unpaired) electrons. The molecule has 6 heteroatoms. The predicted molar refractivity (Wildman–Crippen MR) is 120 cm³/mol. The number of halogens is 1. The summed E-state index contributed by atoms with van der Waals surface area (Å²) in [5, 5.41) is 18.3. The van der Waals surface area contributed by atoms with Crippen molar-refractivity contribution in [2.45, 2.75) is 77.7 Å². The second-order valence-electron chi connectivity index (χ2n) is 11.2. The summed E-state index contributed by atoms with van der Waals surface area (Å²) in [6.07, 6.45) is 9.61. The van der Waals surface area contributed by atoms with E-state index in [1.165, 1.54) is 12.1 Å². The minimum absolute atomic E-state index is 0. The maximum absolute atomic E-state index is 12.7. The monoisotopic (exact) mass is 438 g/mol. The molecule has 1 saturated heterocycles. The van der Waals surface area contributed by atoms with Crippen molar-refractivity contribution in [3.63, 3.8) is 0 Å². The molecule has 4 aliphatic carbocycles. The second kappa shape index (κ2) is 8.37. The second-order valence-corrected chi connectivity index (χ2v) is 11.2. The molecule has 5 aliphatic rings. The van der Waals surface area contributed by atoms with Crippen LogP contribution in [-0.4, -0.2) is 42.4 Å². The van der Waals surface area contributed by atoms with Gasteiger partial charge in [0.1, 0.15) is 11.9 Å². The Morgan fingerprint density at radius 3 is 2.70 bits per heavy atom. The van der Waals surface area contributed by atoms with E-state index in [2.05, 4.69) is 24.3 Å². The van der Waals surface area contributed by atoms with Crippen LogP contribution in [0.25, 0.3) is 0 Å². The van der Waals surface area contributed by atoms with Gasteiger partial charge in [-0.1, -0.05) is 19.0 Å². The van der Waals surface area contributed by atoms with Gasteiger partial charge in [-0.2, -0.15) is 0 Å². The number of hydrogen-bond acceptors (Lipinski definition) is 5. The Morgan fingerprint density at radius 2 is 1.97 bits per heavy atom. The molecule has 1 heterocycles. The highest BCUT2D eigenvalue weighted by atomic mass is 35.5. The van der Waals surface area contributed by atoms with E-state index in [1.54, 1.807) is 0 Å². The average Bonchev–Trinajstić information content (AvgIpc) is 3.34. The summed E-state index contributed by atoms with van der Waals surface area (Å²) in [7, 11) is 0. The summed E-state index contributed by atoms with van der Waals surface area (Å²) in [4.78, 5) is 18.5. The Bertz CT molecular complexity index is 694. The maximum atomic E-state index is 12.7. The van der Waals surface area contributed by atoms with Crippen LogP contribution in [0.3, 0.4) is 0 Å². The fourth-order valence-electron chi connectivity index (χ4n) is 8.23. The average molecular weight is 439 g/mol. The largest absolute Gasteiger partial charge is 0.396 e. The Hall–Kier alpha value is -0.650. The van der Waals surface area contributed by atoms with Crippen molar-refractivity contribution in [2.75, 3.05) is 19.7 Å². The zero-order valence-electron chi connectivity index (χ0n) is 18.6.